The topological polar surface area (TPSA) is 132 Å². The Kier molecular flexibility index (Phi) is 10.6. The van der Waals surface area contributed by atoms with Gasteiger partial charge in [-0.15, -0.1) is 5.10 Å². The molecule has 0 spiro atoms. The highest BCUT2D eigenvalue weighted by Gasteiger charge is 2.24. The van der Waals surface area contributed by atoms with Crippen LogP contribution in [-0.2, 0) is 27.8 Å². The SMILES string of the molecule is CCCCc1nn(-c2cccc(NC(=O)C(C)C)c2)c(=O)n1Cc1ccc(-c2ccccc2S(=O)(=O)NC(=O)c2ccccc2Cl)cc1. The molecule has 1 aromatic heterocycles. The number of amides is 2. The molecule has 0 aliphatic heterocycles. The summed E-state index contributed by atoms with van der Waals surface area (Å²) in [6.07, 6.45) is 2.37. The van der Waals surface area contributed by atoms with Crippen molar-refractivity contribution in [1.29, 1.82) is 0 Å². The number of carbonyl (C=O) groups is 2. The van der Waals surface area contributed by atoms with Crippen molar-refractivity contribution in [3.8, 4) is 16.8 Å². The van der Waals surface area contributed by atoms with E-state index in [0.717, 1.165) is 18.4 Å². The van der Waals surface area contributed by atoms with Gasteiger partial charge in [-0.3, -0.25) is 14.2 Å². The lowest BCUT2D eigenvalue weighted by Crippen LogP contribution is -2.31. The second-order valence-electron chi connectivity index (χ2n) is 11.6. The summed E-state index contributed by atoms with van der Waals surface area (Å²) in [5.74, 6) is -0.518. The third-order valence-corrected chi connectivity index (χ3v) is 9.42. The maximum absolute atomic E-state index is 13.7. The number of sulfonamides is 1. The highest BCUT2D eigenvalue weighted by atomic mass is 35.5. The van der Waals surface area contributed by atoms with E-state index in [9.17, 15) is 22.8 Å². The molecule has 0 bridgehead atoms. The molecule has 48 heavy (non-hydrogen) atoms. The first-order valence-corrected chi connectivity index (χ1v) is 17.4. The van der Waals surface area contributed by atoms with Gasteiger partial charge >= 0.3 is 5.69 Å². The van der Waals surface area contributed by atoms with Crippen molar-refractivity contribution in [1.82, 2.24) is 19.1 Å². The predicted molar refractivity (Wildman–Crippen MR) is 187 cm³/mol. The van der Waals surface area contributed by atoms with Crippen LogP contribution < -0.4 is 15.7 Å². The molecular formula is C36H36ClN5O5S. The standard InChI is InChI=1S/C36H36ClN5O5S/c1-4-5-17-33-39-42(28-12-10-11-27(22-28)38-34(43)24(2)3)36(45)41(33)23-25-18-20-26(21-19-25)29-13-7-9-16-32(29)48(46,47)40-35(44)30-14-6-8-15-31(30)37/h6-16,18-22,24H,4-5,17,23H2,1-3H3,(H,38,43)(H,40,44). The molecule has 2 amide bonds. The van der Waals surface area contributed by atoms with Crippen LogP contribution in [0, 0.1) is 5.92 Å². The van der Waals surface area contributed by atoms with Crippen LogP contribution in [0.4, 0.5) is 5.69 Å². The number of rotatable bonds is 12. The van der Waals surface area contributed by atoms with Gasteiger partial charge in [0.25, 0.3) is 15.9 Å². The number of hydrogen-bond acceptors (Lipinski definition) is 6. The van der Waals surface area contributed by atoms with Crippen LogP contribution in [0.1, 0.15) is 55.4 Å². The largest absolute Gasteiger partial charge is 0.351 e. The van der Waals surface area contributed by atoms with Crippen LogP contribution in [0.25, 0.3) is 16.8 Å². The van der Waals surface area contributed by atoms with Gasteiger partial charge in [-0.1, -0.05) is 99.5 Å². The van der Waals surface area contributed by atoms with Gasteiger partial charge < -0.3 is 5.32 Å². The Bertz CT molecular complexity index is 2120. The zero-order valence-corrected chi connectivity index (χ0v) is 28.4. The van der Waals surface area contributed by atoms with Gasteiger partial charge in [0.2, 0.25) is 5.91 Å². The smallest absolute Gasteiger partial charge is 0.326 e. The third-order valence-electron chi connectivity index (χ3n) is 7.70. The van der Waals surface area contributed by atoms with E-state index >= 15 is 0 Å². The molecule has 5 rings (SSSR count). The average molecular weight is 686 g/mol. The van der Waals surface area contributed by atoms with Gasteiger partial charge in [-0.25, -0.2) is 17.9 Å². The van der Waals surface area contributed by atoms with Gasteiger partial charge in [-0.2, -0.15) is 4.68 Å². The van der Waals surface area contributed by atoms with Crippen LogP contribution in [-0.4, -0.2) is 34.6 Å². The number of hydrogen-bond donors (Lipinski definition) is 2. The number of carbonyl (C=O) groups excluding carboxylic acids is 2. The second kappa shape index (κ2) is 14.8. The van der Waals surface area contributed by atoms with E-state index in [0.29, 0.717) is 34.7 Å². The van der Waals surface area contributed by atoms with Crippen molar-refractivity contribution >= 4 is 39.1 Å². The predicted octanol–water partition coefficient (Wildman–Crippen LogP) is 6.46. The fraction of sp³-hybridized carbons (Fsp3) is 0.222. The Morgan fingerprint density at radius 1 is 0.917 bits per heavy atom. The number of nitrogens with zero attached hydrogens (tertiary/aromatic N) is 3. The normalized spacial score (nSPS) is 11.4. The Hall–Kier alpha value is -5.00. The first-order valence-electron chi connectivity index (χ1n) is 15.6. The molecule has 0 saturated carbocycles. The highest BCUT2D eigenvalue weighted by Crippen LogP contribution is 2.28. The maximum Gasteiger partial charge on any atom is 0.351 e. The molecule has 0 aliphatic carbocycles. The third kappa shape index (κ3) is 7.75. The van der Waals surface area contributed by atoms with Gasteiger partial charge in [0, 0.05) is 23.6 Å². The number of benzene rings is 4. The van der Waals surface area contributed by atoms with Crippen molar-refractivity contribution in [3.05, 3.63) is 130 Å². The Morgan fingerprint density at radius 2 is 1.62 bits per heavy atom. The van der Waals surface area contributed by atoms with Gasteiger partial charge in [0.1, 0.15) is 5.82 Å². The summed E-state index contributed by atoms with van der Waals surface area (Å²) in [4.78, 5) is 38.7. The second-order valence-corrected chi connectivity index (χ2v) is 13.7. The molecule has 0 radical (unpaired) electrons. The van der Waals surface area contributed by atoms with E-state index in [4.69, 9.17) is 11.6 Å². The summed E-state index contributed by atoms with van der Waals surface area (Å²) in [6.45, 7) is 5.93. The van der Waals surface area contributed by atoms with Crippen molar-refractivity contribution in [2.45, 2.75) is 51.5 Å². The lowest BCUT2D eigenvalue weighted by molar-refractivity contribution is -0.118. The molecule has 2 N–H and O–H groups in total. The minimum atomic E-state index is -4.26. The van der Waals surface area contributed by atoms with Gasteiger partial charge in [-0.05, 0) is 53.9 Å². The van der Waals surface area contributed by atoms with Crippen molar-refractivity contribution in [2.75, 3.05) is 5.32 Å². The molecule has 12 heteroatoms. The molecule has 4 aromatic carbocycles. The molecule has 1 heterocycles. The summed E-state index contributed by atoms with van der Waals surface area (Å²) in [5, 5.41) is 7.67. The number of aromatic nitrogens is 3. The minimum Gasteiger partial charge on any atom is -0.326 e. The lowest BCUT2D eigenvalue weighted by Gasteiger charge is -2.13. The van der Waals surface area contributed by atoms with Crippen molar-refractivity contribution in [3.63, 3.8) is 0 Å². The maximum atomic E-state index is 13.7. The number of unbranched alkanes of at least 4 members (excludes halogenated alkanes) is 1. The van der Waals surface area contributed by atoms with Gasteiger partial charge in [0.05, 0.1) is 27.7 Å². The number of halogens is 1. The zero-order chi connectivity index (χ0) is 34.4. The minimum absolute atomic E-state index is 0.0482. The molecule has 5 aromatic rings. The average Bonchev–Trinajstić information content (AvgIpc) is 3.38. The zero-order valence-electron chi connectivity index (χ0n) is 26.8. The molecular weight excluding hydrogens is 650 g/mol. The Labute approximate surface area is 284 Å². The first-order chi connectivity index (χ1) is 23.0. The van der Waals surface area contributed by atoms with E-state index in [-0.39, 0.29) is 39.5 Å². The van der Waals surface area contributed by atoms with Crippen LogP contribution >= 0.6 is 11.6 Å². The van der Waals surface area contributed by atoms with Crippen LogP contribution in [0.5, 0.6) is 0 Å². The molecule has 0 saturated heterocycles. The summed E-state index contributed by atoms with van der Waals surface area (Å²) in [6, 6.07) is 26.9. The van der Waals surface area contributed by atoms with Gasteiger partial charge in [0.15, 0.2) is 0 Å². The van der Waals surface area contributed by atoms with Crippen LogP contribution in [0.15, 0.2) is 107 Å². The van der Waals surface area contributed by atoms with E-state index in [1.54, 1.807) is 71.3 Å². The lowest BCUT2D eigenvalue weighted by atomic mass is 10.0. The summed E-state index contributed by atoms with van der Waals surface area (Å²) < 4.78 is 31.8. The fourth-order valence-electron chi connectivity index (χ4n) is 5.07. The van der Waals surface area contributed by atoms with Crippen molar-refractivity contribution < 1.29 is 18.0 Å². The highest BCUT2D eigenvalue weighted by molar-refractivity contribution is 7.90. The van der Waals surface area contributed by atoms with E-state index in [1.165, 1.54) is 22.9 Å². The van der Waals surface area contributed by atoms with Crippen LogP contribution in [0.2, 0.25) is 5.02 Å². The molecule has 0 fully saturated rings. The molecule has 10 nitrogen and oxygen atoms in total. The number of aryl methyl sites for hydroxylation is 1. The summed E-state index contributed by atoms with van der Waals surface area (Å²) >= 11 is 6.11. The Balaban J connectivity index is 1.42. The number of anilines is 1. The Morgan fingerprint density at radius 3 is 2.33 bits per heavy atom. The summed E-state index contributed by atoms with van der Waals surface area (Å²) in [7, 11) is -4.26. The monoisotopic (exact) mass is 685 g/mol. The molecule has 0 atom stereocenters. The summed E-state index contributed by atoms with van der Waals surface area (Å²) in [5.41, 5.74) is 2.66. The fourth-order valence-corrected chi connectivity index (χ4v) is 6.49. The van der Waals surface area contributed by atoms with Crippen molar-refractivity contribution in [2.24, 2.45) is 5.92 Å². The molecule has 0 aliphatic rings. The van der Waals surface area contributed by atoms with E-state index in [2.05, 4.69) is 22.1 Å². The molecule has 248 valence electrons. The van der Waals surface area contributed by atoms with E-state index < -0.39 is 15.9 Å². The van der Waals surface area contributed by atoms with E-state index in [1.807, 2.05) is 26.0 Å². The quantitative estimate of drug-likeness (QED) is 0.155. The van der Waals surface area contributed by atoms with Crippen LogP contribution in [0.3, 0.4) is 0 Å². The first kappa shape index (κ1) is 34.3. The number of nitrogens with one attached hydrogen (secondary N) is 2. The molecule has 0 unspecified atom stereocenters.